The second kappa shape index (κ2) is 6.14. The van der Waals surface area contributed by atoms with Crippen LogP contribution in [0.5, 0.6) is 0 Å². The molecule has 0 saturated carbocycles. The van der Waals surface area contributed by atoms with E-state index in [0.29, 0.717) is 6.42 Å². The lowest BCUT2D eigenvalue weighted by Crippen LogP contribution is -2.22. The van der Waals surface area contributed by atoms with E-state index >= 15 is 0 Å². The molecular weight excluding hydrogens is 238 g/mol. The second-order valence-corrected chi connectivity index (χ2v) is 4.69. The second-order valence-electron chi connectivity index (χ2n) is 4.69. The van der Waals surface area contributed by atoms with Crippen LogP contribution in [0.4, 0.5) is 0 Å². The van der Waals surface area contributed by atoms with Gasteiger partial charge in [0.05, 0.1) is 6.54 Å². The van der Waals surface area contributed by atoms with E-state index in [-0.39, 0.29) is 17.9 Å². The largest absolute Gasteiger partial charge is 0.308 e. The molecule has 1 heterocycles. The molecule has 0 saturated heterocycles. The minimum absolute atomic E-state index is 0.0785. The highest BCUT2D eigenvalue weighted by Gasteiger charge is 2.05. The van der Waals surface area contributed by atoms with Crippen LogP contribution in [0.2, 0.25) is 0 Å². The van der Waals surface area contributed by atoms with E-state index < -0.39 is 0 Å². The van der Waals surface area contributed by atoms with Gasteiger partial charge in [0, 0.05) is 18.7 Å². The van der Waals surface area contributed by atoms with Gasteiger partial charge in [-0.15, -0.1) is 0 Å². The monoisotopic (exact) mass is 255 g/mol. The van der Waals surface area contributed by atoms with Gasteiger partial charge >= 0.3 is 0 Å². The number of Topliss-reactive ketones (excluding diaryl/α,β-unsaturated/α-hetero) is 1. The van der Waals surface area contributed by atoms with Crippen molar-refractivity contribution in [3.8, 4) is 0 Å². The van der Waals surface area contributed by atoms with Crippen molar-refractivity contribution in [1.29, 1.82) is 0 Å². The highest BCUT2D eigenvalue weighted by atomic mass is 16.1. The topological polar surface area (TPSA) is 39.1 Å². The van der Waals surface area contributed by atoms with E-state index in [1.165, 1.54) is 16.2 Å². The molecule has 0 unspecified atom stereocenters. The Morgan fingerprint density at radius 1 is 1.16 bits per heavy atom. The van der Waals surface area contributed by atoms with Crippen molar-refractivity contribution in [2.75, 3.05) is 0 Å². The number of benzene rings is 1. The maximum Gasteiger partial charge on any atom is 0.250 e. The fourth-order valence-corrected chi connectivity index (χ4v) is 2.01. The standard InChI is InChI=1S/C16H17NO2/c1-13-5-4-6-14(11-13)8-9-15(18)12-17-10-3-2-7-16(17)19/h2-7,10-11H,8-9,12H2,1H3. The average Bonchev–Trinajstić information content (AvgIpc) is 2.39. The number of carbonyl (C=O) groups excluding carboxylic acids is 1. The van der Waals surface area contributed by atoms with E-state index in [1.807, 2.05) is 25.1 Å². The lowest BCUT2D eigenvalue weighted by molar-refractivity contribution is -0.119. The van der Waals surface area contributed by atoms with E-state index in [1.54, 1.807) is 18.3 Å². The number of aromatic nitrogens is 1. The lowest BCUT2D eigenvalue weighted by atomic mass is 10.1. The van der Waals surface area contributed by atoms with Gasteiger partial charge in [0.2, 0.25) is 0 Å². The van der Waals surface area contributed by atoms with Gasteiger partial charge in [-0.1, -0.05) is 35.9 Å². The molecule has 0 aliphatic rings. The summed E-state index contributed by atoms with van der Waals surface area (Å²) in [4.78, 5) is 23.3. The van der Waals surface area contributed by atoms with Gasteiger partial charge in [0.1, 0.15) is 0 Å². The summed E-state index contributed by atoms with van der Waals surface area (Å²) in [5.74, 6) is 0.0785. The molecule has 0 radical (unpaired) electrons. The molecule has 19 heavy (non-hydrogen) atoms. The van der Waals surface area contributed by atoms with Crippen molar-refractivity contribution in [2.45, 2.75) is 26.3 Å². The number of hydrogen-bond donors (Lipinski definition) is 0. The number of pyridine rings is 1. The number of ketones is 1. The molecule has 2 rings (SSSR count). The Labute approximate surface area is 112 Å². The normalized spacial score (nSPS) is 10.4. The summed E-state index contributed by atoms with van der Waals surface area (Å²) in [6.07, 6.45) is 2.83. The molecule has 1 aromatic carbocycles. The number of aryl methyl sites for hydroxylation is 2. The number of hydrogen-bond acceptors (Lipinski definition) is 2. The van der Waals surface area contributed by atoms with Gasteiger partial charge in [-0.3, -0.25) is 9.59 Å². The summed E-state index contributed by atoms with van der Waals surface area (Å²) in [6.45, 7) is 2.19. The number of carbonyl (C=O) groups is 1. The molecule has 2 aromatic rings. The first-order valence-electron chi connectivity index (χ1n) is 6.38. The van der Waals surface area contributed by atoms with Gasteiger partial charge in [-0.2, -0.15) is 0 Å². The summed E-state index contributed by atoms with van der Waals surface area (Å²) in [5.41, 5.74) is 2.23. The SMILES string of the molecule is Cc1cccc(CCC(=O)Cn2ccccc2=O)c1. The van der Waals surface area contributed by atoms with E-state index in [2.05, 4.69) is 6.07 Å². The fraction of sp³-hybridized carbons (Fsp3) is 0.250. The van der Waals surface area contributed by atoms with Gasteiger partial charge in [0.25, 0.3) is 5.56 Å². The lowest BCUT2D eigenvalue weighted by Gasteiger charge is -2.05. The Hall–Kier alpha value is -2.16. The Morgan fingerprint density at radius 3 is 2.74 bits per heavy atom. The molecular formula is C16H17NO2. The smallest absolute Gasteiger partial charge is 0.250 e. The van der Waals surface area contributed by atoms with Crippen LogP contribution in [0.15, 0.2) is 53.5 Å². The van der Waals surface area contributed by atoms with E-state index in [4.69, 9.17) is 0 Å². The molecule has 3 heteroatoms. The summed E-state index contributed by atoms with van der Waals surface area (Å²) in [7, 11) is 0. The molecule has 0 N–H and O–H groups in total. The third kappa shape index (κ3) is 3.91. The minimum Gasteiger partial charge on any atom is -0.308 e. The Balaban J connectivity index is 1.92. The first-order chi connectivity index (χ1) is 9.15. The van der Waals surface area contributed by atoms with E-state index in [9.17, 15) is 9.59 Å². The van der Waals surface area contributed by atoms with Crippen LogP contribution < -0.4 is 5.56 Å². The van der Waals surface area contributed by atoms with Gasteiger partial charge < -0.3 is 4.57 Å². The molecule has 0 fully saturated rings. The zero-order chi connectivity index (χ0) is 13.7. The van der Waals surface area contributed by atoms with Crippen LogP contribution in [0.25, 0.3) is 0 Å². The Kier molecular flexibility index (Phi) is 4.29. The predicted octanol–water partition coefficient (Wildman–Crippen LogP) is 2.36. The van der Waals surface area contributed by atoms with Gasteiger partial charge in [-0.25, -0.2) is 0 Å². The summed E-state index contributed by atoms with van der Waals surface area (Å²) >= 11 is 0. The summed E-state index contributed by atoms with van der Waals surface area (Å²) < 4.78 is 1.44. The highest BCUT2D eigenvalue weighted by Crippen LogP contribution is 2.07. The Bertz CT molecular complexity index is 628. The van der Waals surface area contributed by atoms with Gasteiger partial charge in [-0.05, 0) is 25.0 Å². The highest BCUT2D eigenvalue weighted by molar-refractivity contribution is 5.78. The summed E-state index contributed by atoms with van der Waals surface area (Å²) in [5, 5.41) is 0. The maximum absolute atomic E-state index is 11.9. The molecule has 0 aliphatic heterocycles. The van der Waals surface area contributed by atoms with Crippen molar-refractivity contribution < 1.29 is 4.79 Å². The number of nitrogens with zero attached hydrogens (tertiary/aromatic N) is 1. The molecule has 0 bridgehead atoms. The molecule has 98 valence electrons. The first kappa shape index (κ1) is 13.3. The first-order valence-corrected chi connectivity index (χ1v) is 6.38. The van der Waals surface area contributed by atoms with Crippen LogP contribution in [0, 0.1) is 6.92 Å². The van der Waals surface area contributed by atoms with Crippen LogP contribution in [0.3, 0.4) is 0 Å². The third-order valence-corrected chi connectivity index (χ3v) is 3.02. The minimum atomic E-state index is -0.133. The molecule has 0 spiro atoms. The Morgan fingerprint density at radius 2 is 2.00 bits per heavy atom. The molecule has 0 aliphatic carbocycles. The molecule has 0 amide bonds. The van der Waals surface area contributed by atoms with Crippen molar-refractivity contribution >= 4 is 5.78 Å². The molecule has 3 nitrogen and oxygen atoms in total. The van der Waals surface area contributed by atoms with Crippen LogP contribution in [-0.2, 0) is 17.8 Å². The zero-order valence-corrected chi connectivity index (χ0v) is 11.0. The van der Waals surface area contributed by atoms with Crippen molar-refractivity contribution in [2.24, 2.45) is 0 Å². The van der Waals surface area contributed by atoms with E-state index in [0.717, 1.165) is 12.0 Å². The quantitative estimate of drug-likeness (QED) is 0.822. The molecule has 1 aromatic heterocycles. The maximum atomic E-state index is 11.9. The predicted molar refractivity (Wildman–Crippen MR) is 75.2 cm³/mol. The van der Waals surface area contributed by atoms with Crippen molar-refractivity contribution in [3.05, 3.63) is 70.1 Å². The fourth-order valence-electron chi connectivity index (χ4n) is 2.01. The third-order valence-electron chi connectivity index (χ3n) is 3.02. The molecule has 0 atom stereocenters. The van der Waals surface area contributed by atoms with Crippen molar-refractivity contribution in [1.82, 2.24) is 4.57 Å². The van der Waals surface area contributed by atoms with Crippen LogP contribution >= 0.6 is 0 Å². The zero-order valence-electron chi connectivity index (χ0n) is 11.0. The number of rotatable bonds is 5. The van der Waals surface area contributed by atoms with Crippen LogP contribution in [-0.4, -0.2) is 10.4 Å². The van der Waals surface area contributed by atoms with Crippen molar-refractivity contribution in [3.63, 3.8) is 0 Å². The summed E-state index contributed by atoms with van der Waals surface area (Å²) in [6, 6.07) is 13.0. The van der Waals surface area contributed by atoms with Gasteiger partial charge in [0.15, 0.2) is 5.78 Å². The average molecular weight is 255 g/mol. The van der Waals surface area contributed by atoms with Crippen LogP contribution in [0.1, 0.15) is 17.5 Å².